The molecule has 0 amide bonds. The average Bonchev–Trinajstić information content (AvgIpc) is 3.38. The fraction of sp³-hybridized carbons (Fsp3) is 0.174. The minimum Gasteiger partial charge on any atom is -0.463 e. The molecule has 2 heterocycles. The lowest BCUT2D eigenvalue weighted by atomic mass is 9.77. The molecule has 0 unspecified atom stereocenters. The number of para-hydroxylation sites is 1. The van der Waals surface area contributed by atoms with Crippen LogP contribution in [-0.4, -0.2) is 6.21 Å². The van der Waals surface area contributed by atoms with E-state index in [1.54, 1.807) is 12.5 Å². The van der Waals surface area contributed by atoms with Crippen LogP contribution in [-0.2, 0) is 0 Å². The molecule has 26 heavy (non-hydrogen) atoms. The molecular formula is C23H20N2O. The summed E-state index contributed by atoms with van der Waals surface area (Å²) in [6.45, 7) is 0. The number of nitrogens with zero attached hydrogens (tertiary/aromatic N) is 1. The Hall–Kier alpha value is -3.07. The largest absolute Gasteiger partial charge is 0.463 e. The molecule has 5 rings (SSSR count). The van der Waals surface area contributed by atoms with Gasteiger partial charge in [0.1, 0.15) is 5.76 Å². The van der Waals surface area contributed by atoms with Gasteiger partial charge in [0.05, 0.1) is 24.2 Å². The van der Waals surface area contributed by atoms with Crippen molar-refractivity contribution in [3.8, 4) is 0 Å². The van der Waals surface area contributed by atoms with Gasteiger partial charge >= 0.3 is 0 Å². The molecule has 2 aliphatic rings. The second-order valence-electron chi connectivity index (χ2n) is 6.93. The lowest BCUT2D eigenvalue weighted by Crippen LogP contribution is -2.28. The first-order chi connectivity index (χ1) is 12.9. The van der Waals surface area contributed by atoms with Crippen LogP contribution in [0.15, 0.2) is 88.5 Å². The summed E-state index contributed by atoms with van der Waals surface area (Å²) >= 11 is 0. The highest BCUT2D eigenvalue weighted by Crippen LogP contribution is 2.49. The molecule has 3 heteroatoms. The van der Waals surface area contributed by atoms with Crippen LogP contribution in [0.1, 0.15) is 35.3 Å². The smallest absolute Gasteiger partial charge is 0.144 e. The summed E-state index contributed by atoms with van der Waals surface area (Å²) < 4.78 is 5.29. The number of rotatable bonds is 3. The molecule has 0 bridgehead atoms. The zero-order chi connectivity index (χ0) is 17.3. The predicted octanol–water partition coefficient (Wildman–Crippen LogP) is 5.86. The van der Waals surface area contributed by atoms with Crippen LogP contribution in [0.5, 0.6) is 0 Å². The lowest BCUT2D eigenvalue weighted by Gasteiger charge is -2.37. The fourth-order valence-electron chi connectivity index (χ4n) is 4.14. The van der Waals surface area contributed by atoms with Gasteiger partial charge in [-0.15, -0.1) is 0 Å². The molecule has 3 atom stereocenters. The van der Waals surface area contributed by atoms with Crippen LogP contribution in [0, 0.1) is 5.92 Å². The maximum absolute atomic E-state index is 5.29. The van der Waals surface area contributed by atoms with Gasteiger partial charge in [0.25, 0.3) is 0 Å². The van der Waals surface area contributed by atoms with Crippen LogP contribution in [0.2, 0.25) is 0 Å². The summed E-state index contributed by atoms with van der Waals surface area (Å²) in [4.78, 5) is 4.49. The van der Waals surface area contributed by atoms with Crippen LogP contribution in [0.25, 0.3) is 0 Å². The van der Waals surface area contributed by atoms with Gasteiger partial charge in [-0.05, 0) is 53.8 Å². The van der Waals surface area contributed by atoms with E-state index in [4.69, 9.17) is 4.42 Å². The highest BCUT2D eigenvalue weighted by molar-refractivity contribution is 5.78. The van der Waals surface area contributed by atoms with E-state index in [2.05, 4.69) is 71.0 Å². The predicted molar refractivity (Wildman–Crippen MR) is 105 cm³/mol. The van der Waals surface area contributed by atoms with Gasteiger partial charge in [0, 0.05) is 11.6 Å². The van der Waals surface area contributed by atoms with E-state index < -0.39 is 0 Å². The average molecular weight is 340 g/mol. The van der Waals surface area contributed by atoms with Crippen molar-refractivity contribution in [2.75, 3.05) is 5.32 Å². The fourth-order valence-corrected chi connectivity index (χ4v) is 4.14. The Balaban J connectivity index is 1.41. The molecule has 0 saturated carbocycles. The number of anilines is 1. The number of hydrogen-bond acceptors (Lipinski definition) is 3. The highest BCUT2D eigenvalue weighted by Gasteiger charge is 2.37. The molecule has 1 aliphatic heterocycles. The Bertz CT molecular complexity index is 954. The maximum atomic E-state index is 5.29. The van der Waals surface area contributed by atoms with E-state index in [0.717, 1.165) is 17.9 Å². The molecule has 3 nitrogen and oxygen atoms in total. The molecule has 1 N–H and O–H groups in total. The summed E-state index contributed by atoms with van der Waals surface area (Å²) in [5.41, 5.74) is 4.92. The molecule has 2 aromatic carbocycles. The van der Waals surface area contributed by atoms with Gasteiger partial charge < -0.3 is 9.73 Å². The number of aliphatic imine (C=N–C) groups is 1. The van der Waals surface area contributed by atoms with Crippen molar-refractivity contribution in [2.24, 2.45) is 10.9 Å². The zero-order valence-electron chi connectivity index (χ0n) is 14.4. The first-order valence-corrected chi connectivity index (χ1v) is 9.08. The molecule has 1 aliphatic carbocycles. The van der Waals surface area contributed by atoms with Crippen molar-refractivity contribution in [2.45, 2.75) is 18.4 Å². The molecule has 1 aromatic heterocycles. The topological polar surface area (TPSA) is 37.5 Å². The molecule has 3 aromatic rings. The third-order valence-corrected chi connectivity index (χ3v) is 5.41. The third kappa shape index (κ3) is 2.66. The Morgan fingerprint density at radius 3 is 2.73 bits per heavy atom. The Morgan fingerprint density at radius 1 is 1.00 bits per heavy atom. The van der Waals surface area contributed by atoms with Gasteiger partial charge in [-0.25, -0.2) is 0 Å². The van der Waals surface area contributed by atoms with Crippen LogP contribution < -0.4 is 5.32 Å². The maximum Gasteiger partial charge on any atom is 0.144 e. The summed E-state index contributed by atoms with van der Waals surface area (Å²) in [6.07, 6.45) is 9.23. The molecular weight excluding hydrogens is 320 g/mol. The minimum absolute atomic E-state index is 0.327. The van der Waals surface area contributed by atoms with Gasteiger partial charge in [-0.2, -0.15) is 0 Å². The first kappa shape index (κ1) is 15.2. The van der Waals surface area contributed by atoms with Crippen molar-refractivity contribution < 1.29 is 4.42 Å². The van der Waals surface area contributed by atoms with Gasteiger partial charge in [0.2, 0.25) is 0 Å². The quantitative estimate of drug-likeness (QED) is 0.479. The number of furan rings is 1. The van der Waals surface area contributed by atoms with Crippen molar-refractivity contribution >= 4 is 17.6 Å². The standard InChI is InChI=1S/C23H20N2O/c1-2-9-22-20(6-1)19-7-3-8-21(19)23(25-22)16-10-12-17(13-11-16)24-15-18-5-4-14-26-18/h1-7,9-15,19,21,23,25H,8H2/t19-,21+,23-/m1/s1. The van der Waals surface area contributed by atoms with E-state index in [0.29, 0.717) is 17.9 Å². The van der Waals surface area contributed by atoms with Crippen molar-refractivity contribution in [3.63, 3.8) is 0 Å². The number of allylic oxidation sites excluding steroid dienone is 2. The van der Waals surface area contributed by atoms with Crippen molar-refractivity contribution in [3.05, 3.63) is 96.0 Å². The summed E-state index contributed by atoms with van der Waals surface area (Å²) in [6, 6.07) is 21.3. The van der Waals surface area contributed by atoms with Crippen molar-refractivity contribution in [1.29, 1.82) is 0 Å². The number of nitrogens with one attached hydrogen (secondary N) is 1. The van der Waals surface area contributed by atoms with Gasteiger partial charge in [-0.1, -0.05) is 42.5 Å². The molecule has 0 saturated heterocycles. The molecule has 0 radical (unpaired) electrons. The summed E-state index contributed by atoms with van der Waals surface area (Å²) in [7, 11) is 0. The Kier molecular flexibility index (Phi) is 3.71. The SMILES string of the molecule is C1=C[C@@H]2c3ccccc3N[C@H](c3ccc(N=Cc4ccco4)cc3)[C@H]2C1. The number of hydrogen-bond donors (Lipinski definition) is 1. The van der Waals surface area contributed by atoms with Gasteiger partial charge in [-0.3, -0.25) is 4.99 Å². The summed E-state index contributed by atoms with van der Waals surface area (Å²) in [5, 5.41) is 3.77. The van der Waals surface area contributed by atoms with E-state index in [9.17, 15) is 0 Å². The second-order valence-corrected chi connectivity index (χ2v) is 6.93. The Labute approximate surface area is 153 Å². The molecule has 0 spiro atoms. The third-order valence-electron chi connectivity index (χ3n) is 5.41. The van der Waals surface area contributed by atoms with Crippen LogP contribution >= 0.6 is 0 Å². The van der Waals surface area contributed by atoms with E-state index in [1.807, 2.05) is 12.1 Å². The highest BCUT2D eigenvalue weighted by atomic mass is 16.3. The number of benzene rings is 2. The van der Waals surface area contributed by atoms with Gasteiger partial charge in [0.15, 0.2) is 0 Å². The monoisotopic (exact) mass is 340 g/mol. The minimum atomic E-state index is 0.327. The van der Waals surface area contributed by atoms with E-state index >= 15 is 0 Å². The number of fused-ring (bicyclic) bond motifs is 3. The zero-order valence-corrected chi connectivity index (χ0v) is 14.4. The van der Waals surface area contributed by atoms with E-state index in [1.165, 1.54) is 16.8 Å². The van der Waals surface area contributed by atoms with Crippen molar-refractivity contribution in [1.82, 2.24) is 0 Å². The Morgan fingerprint density at radius 2 is 1.88 bits per heavy atom. The normalized spacial score (nSPS) is 23.6. The second kappa shape index (κ2) is 6.34. The lowest BCUT2D eigenvalue weighted by molar-refractivity contribution is 0.425. The molecule has 128 valence electrons. The van der Waals surface area contributed by atoms with Crippen LogP contribution in [0.3, 0.4) is 0 Å². The first-order valence-electron chi connectivity index (χ1n) is 9.08. The molecule has 0 fully saturated rings. The van der Waals surface area contributed by atoms with E-state index in [-0.39, 0.29) is 0 Å². The summed E-state index contributed by atoms with van der Waals surface area (Å²) in [5.74, 6) is 1.84. The van der Waals surface area contributed by atoms with Crippen LogP contribution in [0.4, 0.5) is 11.4 Å².